The predicted octanol–water partition coefficient (Wildman–Crippen LogP) is 2.08. The molecule has 0 spiro atoms. The molecule has 0 aromatic heterocycles. The van der Waals surface area contributed by atoms with Gasteiger partial charge in [-0.15, -0.1) is 11.6 Å². The molecule has 1 N–H and O–H groups in total. The Morgan fingerprint density at radius 3 is 2.57 bits per heavy atom. The van der Waals surface area contributed by atoms with Gasteiger partial charge in [0, 0.05) is 12.3 Å². The number of hydrogen-bond acceptors (Lipinski definition) is 1. The fourth-order valence-corrected chi connectivity index (χ4v) is 0.435. The topological polar surface area (TPSA) is 20.2 Å². The second-order valence-corrected chi connectivity index (χ2v) is 1.60. The highest BCUT2D eigenvalue weighted by Crippen LogP contribution is 1.95. The summed E-state index contributed by atoms with van der Waals surface area (Å²) in [6.07, 6.45) is 2.22. The Hall–Kier alpha value is -0.170. The summed E-state index contributed by atoms with van der Waals surface area (Å²) < 4.78 is 0. The van der Waals surface area contributed by atoms with E-state index in [0.717, 1.165) is 0 Å². The third-order valence-electron chi connectivity index (χ3n) is 0.684. The summed E-state index contributed by atoms with van der Waals surface area (Å²) in [6.45, 7) is 1.78. The average Bonchev–Trinajstić information content (AvgIpc) is 1.68. The van der Waals surface area contributed by atoms with Gasteiger partial charge in [-0.1, -0.05) is 0 Å². The Kier molecular flexibility index (Phi) is 3.90. The van der Waals surface area contributed by atoms with Crippen LogP contribution >= 0.6 is 11.6 Å². The molecule has 0 aliphatic carbocycles. The Morgan fingerprint density at radius 1 is 1.86 bits per heavy atom. The van der Waals surface area contributed by atoms with Crippen molar-refractivity contribution >= 4 is 11.6 Å². The Labute approximate surface area is 48.6 Å². The molecule has 2 heteroatoms. The van der Waals surface area contributed by atoms with E-state index in [9.17, 15) is 0 Å². The first-order chi connectivity index (χ1) is 3.31. The van der Waals surface area contributed by atoms with Gasteiger partial charge in [-0.3, -0.25) is 0 Å². The van der Waals surface area contributed by atoms with E-state index in [-0.39, 0.29) is 0 Å². The summed E-state index contributed by atoms with van der Waals surface area (Å²) in [5, 5.41) is 8.63. The van der Waals surface area contributed by atoms with E-state index in [2.05, 4.69) is 0 Å². The number of hydrogen-bond donors (Lipinski definition) is 1. The molecule has 0 aromatic rings. The van der Waals surface area contributed by atoms with Crippen LogP contribution in [0.5, 0.6) is 0 Å². The van der Waals surface area contributed by atoms with Gasteiger partial charge in [0.1, 0.15) is 0 Å². The van der Waals surface area contributed by atoms with Crippen molar-refractivity contribution in [1.82, 2.24) is 0 Å². The molecule has 0 radical (unpaired) electrons. The third kappa shape index (κ3) is 3.67. The van der Waals surface area contributed by atoms with Gasteiger partial charge >= 0.3 is 0 Å². The molecule has 0 unspecified atom stereocenters. The van der Waals surface area contributed by atoms with Crippen LogP contribution in [0.3, 0.4) is 0 Å². The number of aliphatic hydroxyl groups is 1. The molecule has 0 aliphatic heterocycles. The first-order valence-electron chi connectivity index (χ1n) is 2.21. The maximum atomic E-state index is 8.63. The smallest absolute Gasteiger partial charge is 0.0891 e. The average molecular weight is 121 g/mol. The van der Waals surface area contributed by atoms with E-state index >= 15 is 0 Å². The van der Waals surface area contributed by atoms with Gasteiger partial charge in [-0.25, -0.2) is 0 Å². The first-order valence-corrected chi connectivity index (χ1v) is 2.74. The zero-order valence-electron chi connectivity index (χ0n) is 4.32. The molecule has 0 amide bonds. The molecule has 0 rings (SSSR count). The fraction of sp³-hybridized carbons (Fsp3) is 0.600. The SMILES string of the molecule is C/C=C(\O)CCCl. The van der Waals surface area contributed by atoms with Crippen LogP contribution in [0, 0.1) is 0 Å². The minimum atomic E-state index is 0.370. The van der Waals surface area contributed by atoms with Crippen molar-refractivity contribution in [2.75, 3.05) is 5.88 Å². The van der Waals surface area contributed by atoms with Gasteiger partial charge in [-0.05, 0) is 13.0 Å². The van der Waals surface area contributed by atoms with Gasteiger partial charge in [0.2, 0.25) is 0 Å². The molecule has 1 nitrogen and oxygen atoms in total. The Bertz CT molecular complexity index is 68.5. The van der Waals surface area contributed by atoms with Crippen molar-refractivity contribution in [2.24, 2.45) is 0 Å². The van der Waals surface area contributed by atoms with E-state index in [1.807, 2.05) is 0 Å². The van der Waals surface area contributed by atoms with E-state index in [4.69, 9.17) is 16.7 Å². The molecule has 7 heavy (non-hydrogen) atoms. The van der Waals surface area contributed by atoms with Gasteiger partial charge in [0.25, 0.3) is 0 Å². The predicted molar refractivity (Wildman–Crippen MR) is 31.7 cm³/mol. The molecule has 0 aromatic carbocycles. The molecule has 0 heterocycles. The zero-order chi connectivity index (χ0) is 5.70. The Morgan fingerprint density at radius 2 is 2.43 bits per heavy atom. The summed E-state index contributed by atoms with van der Waals surface area (Å²) in [6, 6.07) is 0. The Balaban J connectivity index is 3.17. The van der Waals surface area contributed by atoms with Crippen LogP contribution in [0.2, 0.25) is 0 Å². The standard InChI is InChI=1S/C5H9ClO/c1-2-5(7)3-4-6/h2,7H,3-4H2,1H3/b5-2-. The second kappa shape index (κ2) is 4.00. The highest BCUT2D eigenvalue weighted by atomic mass is 35.5. The lowest BCUT2D eigenvalue weighted by atomic mass is 10.4. The minimum absolute atomic E-state index is 0.370. The lowest BCUT2D eigenvalue weighted by Crippen LogP contribution is -1.79. The van der Waals surface area contributed by atoms with Crippen molar-refractivity contribution in [2.45, 2.75) is 13.3 Å². The lowest BCUT2D eigenvalue weighted by molar-refractivity contribution is 0.394. The monoisotopic (exact) mass is 120 g/mol. The van der Waals surface area contributed by atoms with Gasteiger partial charge in [-0.2, -0.15) is 0 Å². The van der Waals surface area contributed by atoms with Crippen molar-refractivity contribution in [3.05, 3.63) is 11.8 Å². The van der Waals surface area contributed by atoms with Crippen LogP contribution in [0.15, 0.2) is 11.8 Å². The minimum Gasteiger partial charge on any atom is -0.513 e. The molecule has 0 aliphatic rings. The van der Waals surface area contributed by atoms with Gasteiger partial charge < -0.3 is 5.11 Å². The third-order valence-corrected chi connectivity index (χ3v) is 0.873. The molecular weight excluding hydrogens is 112 g/mol. The maximum absolute atomic E-state index is 8.63. The summed E-state index contributed by atoms with van der Waals surface area (Å²) in [4.78, 5) is 0. The summed E-state index contributed by atoms with van der Waals surface area (Å²) in [7, 11) is 0. The number of allylic oxidation sites excluding steroid dienone is 2. The molecule has 0 bridgehead atoms. The molecule has 0 saturated heterocycles. The van der Waals surface area contributed by atoms with E-state index in [1.165, 1.54) is 0 Å². The van der Waals surface area contributed by atoms with Gasteiger partial charge in [0.05, 0.1) is 5.76 Å². The van der Waals surface area contributed by atoms with Crippen LogP contribution in [-0.2, 0) is 0 Å². The quantitative estimate of drug-likeness (QED) is 0.437. The van der Waals surface area contributed by atoms with Crippen LogP contribution < -0.4 is 0 Å². The van der Waals surface area contributed by atoms with Crippen LogP contribution in [-0.4, -0.2) is 11.0 Å². The second-order valence-electron chi connectivity index (χ2n) is 1.22. The largest absolute Gasteiger partial charge is 0.513 e. The fourth-order valence-electron chi connectivity index (χ4n) is 0.241. The van der Waals surface area contributed by atoms with Crippen LogP contribution in [0.1, 0.15) is 13.3 Å². The van der Waals surface area contributed by atoms with E-state index in [0.29, 0.717) is 18.1 Å². The van der Waals surface area contributed by atoms with Gasteiger partial charge in [0.15, 0.2) is 0 Å². The summed E-state index contributed by atoms with van der Waals surface area (Å²) >= 11 is 5.27. The van der Waals surface area contributed by atoms with E-state index < -0.39 is 0 Å². The van der Waals surface area contributed by atoms with Crippen molar-refractivity contribution in [3.8, 4) is 0 Å². The van der Waals surface area contributed by atoms with Crippen molar-refractivity contribution in [3.63, 3.8) is 0 Å². The summed E-state index contributed by atoms with van der Waals surface area (Å²) in [5.74, 6) is 0.867. The zero-order valence-corrected chi connectivity index (χ0v) is 5.07. The highest BCUT2D eigenvalue weighted by molar-refractivity contribution is 6.17. The van der Waals surface area contributed by atoms with Crippen LogP contribution in [0.25, 0.3) is 0 Å². The van der Waals surface area contributed by atoms with Crippen molar-refractivity contribution < 1.29 is 5.11 Å². The summed E-state index contributed by atoms with van der Waals surface area (Å²) in [5.41, 5.74) is 0. The number of aliphatic hydroxyl groups excluding tert-OH is 1. The molecular formula is C5H9ClO. The molecule has 0 fully saturated rings. The van der Waals surface area contributed by atoms with Crippen molar-refractivity contribution in [1.29, 1.82) is 0 Å². The first kappa shape index (κ1) is 6.83. The number of rotatable bonds is 2. The molecule has 42 valence electrons. The van der Waals surface area contributed by atoms with E-state index in [1.54, 1.807) is 13.0 Å². The molecule has 0 saturated carbocycles. The number of halogens is 1. The maximum Gasteiger partial charge on any atom is 0.0891 e. The normalized spacial score (nSPS) is 12.0. The highest BCUT2D eigenvalue weighted by Gasteiger charge is 1.84. The lowest BCUT2D eigenvalue weighted by Gasteiger charge is -1.89. The number of alkyl halides is 1. The molecule has 0 atom stereocenters. The van der Waals surface area contributed by atoms with Crippen LogP contribution in [0.4, 0.5) is 0 Å².